The first-order chi connectivity index (χ1) is 24.2. The zero-order chi connectivity index (χ0) is 32.7. The molecule has 1 heterocycles. The lowest BCUT2D eigenvalue weighted by Crippen LogP contribution is -2.10. The Balaban J connectivity index is 1.18. The molecule has 0 saturated heterocycles. The summed E-state index contributed by atoms with van der Waals surface area (Å²) in [5, 5.41) is 4.88. The molecule has 0 radical (unpaired) electrons. The van der Waals surface area contributed by atoms with E-state index in [-0.39, 0.29) is 5.82 Å². The number of nitrogens with zero attached hydrogens (tertiary/aromatic N) is 2. The monoisotopic (exact) mass is 630 g/mol. The van der Waals surface area contributed by atoms with Crippen LogP contribution in [-0.4, -0.2) is 4.57 Å². The number of fused-ring (bicyclic) bond motifs is 4. The number of halogens is 1. The van der Waals surface area contributed by atoms with Crippen LogP contribution in [0.4, 0.5) is 21.5 Å². The van der Waals surface area contributed by atoms with Crippen molar-refractivity contribution in [3.8, 4) is 27.9 Å². The predicted molar refractivity (Wildman–Crippen MR) is 204 cm³/mol. The van der Waals surface area contributed by atoms with Gasteiger partial charge in [-0.15, -0.1) is 0 Å². The molecule has 0 saturated carbocycles. The van der Waals surface area contributed by atoms with Gasteiger partial charge in [0.1, 0.15) is 5.82 Å². The molecule has 9 rings (SSSR count). The summed E-state index contributed by atoms with van der Waals surface area (Å²) in [5.74, 6) is -0.261. The van der Waals surface area contributed by atoms with E-state index in [1.54, 1.807) is 0 Å². The molecule has 49 heavy (non-hydrogen) atoms. The molecule has 0 aliphatic heterocycles. The van der Waals surface area contributed by atoms with E-state index in [4.69, 9.17) is 0 Å². The van der Waals surface area contributed by atoms with Crippen LogP contribution >= 0.6 is 0 Å². The van der Waals surface area contributed by atoms with Gasteiger partial charge in [-0.05, 0) is 99.8 Å². The van der Waals surface area contributed by atoms with E-state index >= 15 is 0 Å². The van der Waals surface area contributed by atoms with Gasteiger partial charge in [0.05, 0.1) is 11.0 Å². The average molecular weight is 631 g/mol. The van der Waals surface area contributed by atoms with E-state index in [0.29, 0.717) is 0 Å². The zero-order valence-electron chi connectivity index (χ0n) is 26.7. The number of rotatable bonds is 6. The van der Waals surface area contributed by atoms with Crippen molar-refractivity contribution in [1.82, 2.24) is 4.57 Å². The molecule has 2 nitrogen and oxygen atoms in total. The van der Waals surface area contributed by atoms with Crippen molar-refractivity contribution in [3.63, 3.8) is 0 Å². The molecular weight excluding hydrogens is 600 g/mol. The molecule has 8 aromatic carbocycles. The summed E-state index contributed by atoms with van der Waals surface area (Å²) in [6.07, 6.45) is 0. The second kappa shape index (κ2) is 12.0. The minimum absolute atomic E-state index is 0.261. The van der Waals surface area contributed by atoms with Gasteiger partial charge < -0.3 is 9.47 Å². The van der Waals surface area contributed by atoms with Gasteiger partial charge in [-0.1, -0.05) is 121 Å². The van der Waals surface area contributed by atoms with E-state index in [9.17, 15) is 4.39 Å². The Morgan fingerprint density at radius 2 is 0.939 bits per heavy atom. The number of para-hydroxylation sites is 2. The number of hydrogen-bond acceptors (Lipinski definition) is 1. The molecule has 0 spiro atoms. The van der Waals surface area contributed by atoms with Crippen LogP contribution in [0.25, 0.3) is 60.5 Å². The van der Waals surface area contributed by atoms with Crippen molar-refractivity contribution in [3.05, 3.63) is 194 Å². The van der Waals surface area contributed by atoms with Crippen LogP contribution in [-0.2, 0) is 0 Å². The molecule has 1 aromatic heterocycles. The Bertz CT molecular complexity index is 2540. The lowest BCUT2D eigenvalue weighted by atomic mass is 9.91. The maximum Gasteiger partial charge on any atom is 0.123 e. The van der Waals surface area contributed by atoms with E-state index < -0.39 is 0 Å². The van der Waals surface area contributed by atoms with E-state index in [1.807, 2.05) is 12.1 Å². The average Bonchev–Trinajstić information content (AvgIpc) is 3.50. The second-order valence-electron chi connectivity index (χ2n) is 12.3. The maximum absolute atomic E-state index is 14.2. The first-order valence-corrected chi connectivity index (χ1v) is 16.5. The number of anilines is 3. The quantitative estimate of drug-likeness (QED) is 0.177. The van der Waals surface area contributed by atoms with Gasteiger partial charge in [-0.2, -0.15) is 0 Å². The minimum Gasteiger partial charge on any atom is -0.310 e. The molecule has 0 atom stereocenters. The lowest BCUT2D eigenvalue weighted by Gasteiger charge is -2.26. The van der Waals surface area contributed by atoms with Crippen molar-refractivity contribution in [2.24, 2.45) is 0 Å². The molecule has 0 unspecified atom stereocenters. The van der Waals surface area contributed by atoms with E-state index in [0.717, 1.165) is 39.3 Å². The number of aromatic nitrogens is 1. The Morgan fingerprint density at radius 3 is 1.57 bits per heavy atom. The fourth-order valence-electron chi connectivity index (χ4n) is 7.24. The third-order valence-corrected chi connectivity index (χ3v) is 9.44. The van der Waals surface area contributed by atoms with Crippen LogP contribution in [0.1, 0.15) is 0 Å². The summed E-state index contributed by atoms with van der Waals surface area (Å²) in [5.41, 5.74) is 10.9. The largest absolute Gasteiger partial charge is 0.310 e. The van der Waals surface area contributed by atoms with E-state index in [1.165, 1.54) is 50.4 Å². The van der Waals surface area contributed by atoms with Gasteiger partial charge in [0.15, 0.2) is 0 Å². The maximum atomic E-state index is 14.2. The minimum atomic E-state index is -0.261. The van der Waals surface area contributed by atoms with Crippen molar-refractivity contribution in [1.29, 1.82) is 0 Å². The molecule has 0 amide bonds. The summed E-state index contributed by atoms with van der Waals surface area (Å²) in [7, 11) is 0. The molecule has 3 heteroatoms. The van der Waals surface area contributed by atoms with Gasteiger partial charge in [-0.3, -0.25) is 0 Å². The van der Waals surface area contributed by atoms with Gasteiger partial charge >= 0.3 is 0 Å². The topological polar surface area (TPSA) is 8.17 Å². The van der Waals surface area contributed by atoms with Crippen LogP contribution < -0.4 is 4.90 Å². The third-order valence-electron chi connectivity index (χ3n) is 9.44. The van der Waals surface area contributed by atoms with Crippen molar-refractivity contribution < 1.29 is 4.39 Å². The normalized spacial score (nSPS) is 11.4. The van der Waals surface area contributed by atoms with Gasteiger partial charge in [0.2, 0.25) is 0 Å². The highest BCUT2D eigenvalue weighted by Crippen LogP contribution is 2.40. The van der Waals surface area contributed by atoms with E-state index in [2.05, 4.69) is 173 Å². The summed E-state index contributed by atoms with van der Waals surface area (Å²) in [6, 6.07) is 64.7. The highest BCUT2D eigenvalue weighted by molar-refractivity contribution is 6.09. The summed E-state index contributed by atoms with van der Waals surface area (Å²) >= 11 is 0. The highest BCUT2D eigenvalue weighted by atomic mass is 19.1. The van der Waals surface area contributed by atoms with Crippen LogP contribution in [0.2, 0.25) is 0 Å². The number of benzene rings is 8. The molecule has 0 N–H and O–H groups in total. The Kier molecular flexibility index (Phi) is 7.02. The van der Waals surface area contributed by atoms with Crippen LogP contribution in [0.5, 0.6) is 0 Å². The highest BCUT2D eigenvalue weighted by Gasteiger charge is 2.17. The molecular formula is C46H31FN2. The smallest absolute Gasteiger partial charge is 0.123 e. The first-order valence-electron chi connectivity index (χ1n) is 16.5. The molecule has 0 aliphatic carbocycles. The van der Waals surface area contributed by atoms with Crippen LogP contribution in [0, 0.1) is 5.82 Å². The fraction of sp³-hybridized carbons (Fsp3) is 0. The second-order valence-corrected chi connectivity index (χ2v) is 12.3. The molecule has 0 fully saturated rings. The Labute approximate surface area is 284 Å². The molecule has 232 valence electrons. The SMILES string of the molecule is Fc1ccc(N(c2ccc(-c3cccc4cccc(-c5ccccc5)c34)cc2)c2cccc(-n3c4ccccc4c4ccccc43)c2)cc1. The fourth-order valence-corrected chi connectivity index (χ4v) is 7.24. The lowest BCUT2D eigenvalue weighted by molar-refractivity contribution is 0.628. The number of hydrogen-bond donors (Lipinski definition) is 0. The summed E-state index contributed by atoms with van der Waals surface area (Å²) < 4.78 is 16.5. The van der Waals surface area contributed by atoms with Crippen molar-refractivity contribution in [2.45, 2.75) is 0 Å². The Morgan fingerprint density at radius 1 is 0.408 bits per heavy atom. The standard InChI is InChI=1S/C46H31FN2/c47-35-25-29-37(30-26-35)48(38-15-10-16-39(31-38)49-44-21-6-4-17-42(44)43-18-5-7-22-45(43)49)36-27-23-33(24-28-36)41-20-9-14-34-13-8-19-40(46(34)41)32-11-2-1-3-12-32/h1-31H. The van der Waals surface area contributed by atoms with Gasteiger partial charge in [-0.25, -0.2) is 4.39 Å². The van der Waals surface area contributed by atoms with Crippen LogP contribution in [0.3, 0.4) is 0 Å². The van der Waals surface area contributed by atoms with Crippen LogP contribution in [0.15, 0.2) is 188 Å². The predicted octanol–water partition coefficient (Wildman–Crippen LogP) is 12.9. The van der Waals surface area contributed by atoms with Gasteiger partial charge in [0, 0.05) is 33.5 Å². The molecule has 0 aliphatic rings. The van der Waals surface area contributed by atoms with Crippen molar-refractivity contribution >= 4 is 49.6 Å². The molecule has 9 aromatic rings. The van der Waals surface area contributed by atoms with Gasteiger partial charge in [0.25, 0.3) is 0 Å². The zero-order valence-corrected chi connectivity index (χ0v) is 26.7. The summed E-state index contributed by atoms with van der Waals surface area (Å²) in [6.45, 7) is 0. The molecule has 0 bridgehead atoms. The Hall–Kier alpha value is -6.45. The summed E-state index contributed by atoms with van der Waals surface area (Å²) in [4.78, 5) is 2.19. The van der Waals surface area contributed by atoms with Crippen molar-refractivity contribution in [2.75, 3.05) is 4.90 Å². The first kappa shape index (κ1) is 28.7. The third kappa shape index (κ3) is 5.04.